The zero-order valence-electron chi connectivity index (χ0n) is 8.93. The molecule has 5 heteroatoms. The average Bonchev–Trinajstić information content (AvgIpc) is 2.74. The Labute approximate surface area is 91.2 Å². The first-order valence-electron chi connectivity index (χ1n) is 5.68. The van der Waals surface area contributed by atoms with Crippen molar-refractivity contribution in [3.63, 3.8) is 0 Å². The van der Waals surface area contributed by atoms with E-state index in [1.54, 1.807) is 0 Å². The van der Waals surface area contributed by atoms with Crippen molar-refractivity contribution in [3.8, 4) is 0 Å². The summed E-state index contributed by atoms with van der Waals surface area (Å²) in [5, 5.41) is 9.94. The van der Waals surface area contributed by atoms with Gasteiger partial charge in [-0.25, -0.2) is 8.42 Å². The van der Waals surface area contributed by atoms with Crippen LogP contribution in [-0.4, -0.2) is 55.7 Å². The Kier molecular flexibility index (Phi) is 3.33. The van der Waals surface area contributed by atoms with Crippen molar-refractivity contribution in [2.24, 2.45) is 5.92 Å². The van der Waals surface area contributed by atoms with Gasteiger partial charge in [-0.05, 0) is 32.4 Å². The van der Waals surface area contributed by atoms with E-state index in [0.717, 1.165) is 13.1 Å². The molecule has 0 aromatic carbocycles. The van der Waals surface area contributed by atoms with E-state index < -0.39 is 15.9 Å². The van der Waals surface area contributed by atoms with Crippen molar-refractivity contribution in [2.75, 3.05) is 31.1 Å². The van der Waals surface area contributed by atoms with Gasteiger partial charge < -0.3 is 10.0 Å². The topological polar surface area (TPSA) is 57.6 Å². The fourth-order valence-electron chi connectivity index (χ4n) is 2.51. The maximum absolute atomic E-state index is 11.3. The summed E-state index contributed by atoms with van der Waals surface area (Å²) in [5.41, 5.74) is 0. The molecule has 88 valence electrons. The van der Waals surface area contributed by atoms with Gasteiger partial charge in [0.05, 0.1) is 17.6 Å². The van der Waals surface area contributed by atoms with Crippen molar-refractivity contribution in [2.45, 2.75) is 25.4 Å². The standard InChI is InChI=1S/C10H19NO3S/c12-10(7-11-4-1-2-5-11)9-3-6-15(13,14)8-9/h9-10,12H,1-8H2. The van der Waals surface area contributed by atoms with Crippen LogP contribution in [0.1, 0.15) is 19.3 Å². The molecule has 2 aliphatic rings. The number of hydrogen-bond donors (Lipinski definition) is 1. The molecule has 0 aromatic rings. The van der Waals surface area contributed by atoms with Crippen LogP contribution >= 0.6 is 0 Å². The van der Waals surface area contributed by atoms with Gasteiger partial charge in [-0.3, -0.25) is 0 Å². The van der Waals surface area contributed by atoms with Crippen LogP contribution in [0.25, 0.3) is 0 Å². The fraction of sp³-hybridized carbons (Fsp3) is 1.00. The van der Waals surface area contributed by atoms with Crippen LogP contribution in [-0.2, 0) is 9.84 Å². The average molecular weight is 233 g/mol. The molecule has 2 fully saturated rings. The molecule has 0 bridgehead atoms. The first-order chi connectivity index (χ1) is 7.07. The minimum Gasteiger partial charge on any atom is -0.391 e. The van der Waals surface area contributed by atoms with Gasteiger partial charge in [0.15, 0.2) is 9.84 Å². The van der Waals surface area contributed by atoms with E-state index in [-0.39, 0.29) is 17.4 Å². The van der Waals surface area contributed by atoms with E-state index in [9.17, 15) is 13.5 Å². The summed E-state index contributed by atoms with van der Waals surface area (Å²) < 4.78 is 22.5. The quantitative estimate of drug-likeness (QED) is 0.738. The van der Waals surface area contributed by atoms with E-state index in [2.05, 4.69) is 4.90 Å². The highest BCUT2D eigenvalue weighted by atomic mass is 32.2. The lowest BCUT2D eigenvalue weighted by molar-refractivity contribution is 0.0813. The molecule has 2 saturated heterocycles. The molecular formula is C10H19NO3S. The lowest BCUT2D eigenvalue weighted by Crippen LogP contribution is -2.35. The van der Waals surface area contributed by atoms with Gasteiger partial charge >= 0.3 is 0 Å². The van der Waals surface area contributed by atoms with E-state index in [0.29, 0.717) is 13.0 Å². The molecule has 0 aliphatic carbocycles. The van der Waals surface area contributed by atoms with Crippen LogP contribution in [0.2, 0.25) is 0 Å². The predicted octanol–water partition coefficient (Wildman–Crippen LogP) is -0.122. The molecule has 1 N–H and O–H groups in total. The second-order valence-corrected chi connectivity index (χ2v) is 6.97. The summed E-state index contributed by atoms with van der Waals surface area (Å²) in [6, 6.07) is 0. The van der Waals surface area contributed by atoms with Crippen molar-refractivity contribution in [1.29, 1.82) is 0 Å². The summed E-state index contributed by atoms with van der Waals surface area (Å²) in [5.74, 6) is 0.409. The highest BCUT2D eigenvalue weighted by Gasteiger charge is 2.33. The maximum atomic E-state index is 11.3. The third-order valence-corrected chi connectivity index (χ3v) is 5.25. The summed E-state index contributed by atoms with van der Waals surface area (Å²) in [6.45, 7) is 2.76. The molecule has 0 radical (unpaired) electrons. The Morgan fingerprint density at radius 2 is 2.00 bits per heavy atom. The minimum atomic E-state index is -2.85. The lowest BCUT2D eigenvalue weighted by atomic mass is 10.0. The minimum absolute atomic E-state index is 0.0319. The second kappa shape index (κ2) is 4.39. The monoisotopic (exact) mass is 233 g/mol. The van der Waals surface area contributed by atoms with Crippen LogP contribution in [0.5, 0.6) is 0 Å². The normalized spacial score (nSPS) is 33.3. The molecule has 0 saturated carbocycles. The van der Waals surface area contributed by atoms with Crippen molar-refractivity contribution >= 4 is 9.84 Å². The molecular weight excluding hydrogens is 214 g/mol. The first kappa shape index (κ1) is 11.4. The van der Waals surface area contributed by atoms with Crippen molar-refractivity contribution in [1.82, 2.24) is 4.90 Å². The smallest absolute Gasteiger partial charge is 0.150 e. The van der Waals surface area contributed by atoms with Gasteiger partial charge in [-0.15, -0.1) is 0 Å². The number of sulfone groups is 1. The third-order valence-electron chi connectivity index (χ3n) is 3.46. The van der Waals surface area contributed by atoms with Crippen LogP contribution in [0.4, 0.5) is 0 Å². The maximum Gasteiger partial charge on any atom is 0.150 e. The number of rotatable bonds is 3. The number of aliphatic hydroxyl groups excluding tert-OH is 1. The largest absolute Gasteiger partial charge is 0.391 e. The predicted molar refractivity (Wildman–Crippen MR) is 58.4 cm³/mol. The number of likely N-dealkylation sites (tertiary alicyclic amines) is 1. The summed E-state index contributed by atoms with van der Waals surface area (Å²) in [6.07, 6.45) is 2.59. The lowest BCUT2D eigenvalue weighted by Gasteiger charge is -2.22. The number of nitrogens with zero attached hydrogens (tertiary/aromatic N) is 1. The Hall–Kier alpha value is -0.130. The van der Waals surface area contributed by atoms with E-state index in [1.807, 2.05) is 0 Å². The zero-order valence-corrected chi connectivity index (χ0v) is 9.75. The molecule has 2 atom stereocenters. The molecule has 4 nitrogen and oxygen atoms in total. The van der Waals surface area contributed by atoms with Crippen molar-refractivity contribution in [3.05, 3.63) is 0 Å². The molecule has 0 amide bonds. The Morgan fingerprint density at radius 3 is 2.53 bits per heavy atom. The molecule has 2 unspecified atom stereocenters. The number of hydrogen-bond acceptors (Lipinski definition) is 4. The van der Waals surface area contributed by atoms with Crippen LogP contribution in [0, 0.1) is 5.92 Å². The first-order valence-corrected chi connectivity index (χ1v) is 7.50. The number of β-amino-alcohol motifs (C(OH)–C–C–N with tert-alkyl or cyclic N) is 1. The zero-order chi connectivity index (χ0) is 10.9. The SMILES string of the molecule is O=S1(=O)CCC(C(O)CN2CCCC2)C1. The van der Waals surface area contributed by atoms with Crippen LogP contribution in [0.3, 0.4) is 0 Å². The second-order valence-electron chi connectivity index (χ2n) is 4.74. The van der Waals surface area contributed by atoms with E-state index >= 15 is 0 Å². The molecule has 0 spiro atoms. The highest BCUT2D eigenvalue weighted by Crippen LogP contribution is 2.23. The molecule has 15 heavy (non-hydrogen) atoms. The fourth-order valence-corrected chi connectivity index (χ4v) is 4.38. The Bertz CT molecular complexity index is 309. The summed E-state index contributed by atoms with van der Waals surface area (Å²) >= 11 is 0. The van der Waals surface area contributed by atoms with E-state index in [1.165, 1.54) is 12.8 Å². The van der Waals surface area contributed by atoms with Gasteiger partial charge in [-0.1, -0.05) is 0 Å². The van der Waals surface area contributed by atoms with Gasteiger partial charge in [0.25, 0.3) is 0 Å². The van der Waals surface area contributed by atoms with Gasteiger partial charge in [0.1, 0.15) is 0 Å². The molecule has 2 rings (SSSR count). The summed E-state index contributed by atoms with van der Waals surface area (Å²) in [7, 11) is -2.85. The molecule has 2 aliphatic heterocycles. The van der Waals surface area contributed by atoms with Crippen LogP contribution in [0.15, 0.2) is 0 Å². The number of aliphatic hydroxyl groups is 1. The third kappa shape index (κ3) is 2.92. The molecule has 2 heterocycles. The Balaban J connectivity index is 1.83. The Morgan fingerprint density at radius 1 is 1.33 bits per heavy atom. The van der Waals surface area contributed by atoms with Crippen LogP contribution < -0.4 is 0 Å². The highest BCUT2D eigenvalue weighted by molar-refractivity contribution is 7.91. The van der Waals surface area contributed by atoms with Gasteiger partial charge in [0.2, 0.25) is 0 Å². The summed E-state index contributed by atoms with van der Waals surface area (Å²) in [4.78, 5) is 2.23. The molecule has 0 aromatic heterocycles. The van der Waals surface area contributed by atoms with E-state index in [4.69, 9.17) is 0 Å². The van der Waals surface area contributed by atoms with Crippen molar-refractivity contribution < 1.29 is 13.5 Å². The van der Waals surface area contributed by atoms with Gasteiger partial charge in [-0.2, -0.15) is 0 Å². The van der Waals surface area contributed by atoms with Gasteiger partial charge in [0, 0.05) is 12.5 Å².